The summed E-state index contributed by atoms with van der Waals surface area (Å²) in [5, 5.41) is 8.64. The van der Waals surface area contributed by atoms with E-state index in [1.165, 1.54) is 4.68 Å². The number of thiazole rings is 1. The molecule has 0 saturated heterocycles. The van der Waals surface area contributed by atoms with Crippen LogP contribution < -0.4 is 4.74 Å². The summed E-state index contributed by atoms with van der Waals surface area (Å²) in [5.74, 6) is 1.52. The Balaban J connectivity index is 1.52. The van der Waals surface area contributed by atoms with Gasteiger partial charge >= 0.3 is 0 Å². The van der Waals surface area contributed by atoms with Crippen LogP contribution in [0.4, 0.5) is 0 Å². The average molecular weight is 470 g/mol. The minimum absolute atomic E-state index is 0.192. The molecule has 2 unspecified atom stereocenters. The average Bonchev–Trinajstić information content (AvgIpc) is 3.51. The fourth-order valence-corrected chi connectivity index (χ4v) is 4.99. The first-order chi connectivity index (χ1) is 15.4. The van der Waals surface area contributed by atoms with Gasteiger partial charge in [-0.2, -0.15) is 10.2 Å². The molecule has 0 amide bonds. The molecule has 1 aliphatic heterocycles. The van der Waals surface area contributed by atoms with Crippen LogP contribution in [0.2, 0.25) is 0 Å². The van der Waals surface area contributed by atoms with Crippen molar-refractivity contribution in [2.24, 2.45) is 0 Å². The van der Waals surface area contributed by atoms with Crippen LogP contribution in [0.1, 0.15) is 37.1 Å². The van der Waals surface area contributed by atoms with Gasteiger partial charge in [0.1, 0.15) is 17.5 Å². The van der Waals surface area contributed by atoms with Crippen molar-refractivity contribution in [3.8, 4) is 39.0 Å². The van der Waals surface area contributed by atoms with Gasteiger partial charge in [-0.25, -0.2) is 14.6 Å². The van der Waals surface area contributed by atoms with Gasteiger partial charge in [0.05, 0.1) is 18.5 Å². The Morgan fingerprint density at radius 2 is 2.06 bits per heavy atom. The van der Waals surface area contributed by atoms with Crippen molar-refractivity contribution in [1.29, 1.82) is 0 Å². The van der Waals surface area contributed by atoms with Crippen molar-refractivity contribution in [2.75, 3.05) is 6.61 Å². The summed E-state index contributed by atoms with van der Waals surface area (Å²) < 4.78 is 31.8. The Morgan fingerprint density at radius 3 is 2.84 bits per heavy atom. The summed E-state index contributed by atoms with van der Waals surface area (Å²) in [6.45, 7) is 6.27. The molecule has 5 rings (SSSR count). The number of hydrogen-bond donors (Lipinski definition) is 0. The van der Waals surface area contributed by atoms with Crippen molar-refractivity contribution in [3.63, 3.8) is 0 Å². The lowest BCUT2D eigenvalue weighted by Crippen LogP contribution is -2.10. The smallest absolute Gasteiger partial charge is 0.187 e. The van der Waals surface area contributed by atoms with Crippen molar-refractivity contribution in [3.05, 3.63) is 41.8 Å². The molecular weight excluding hydrogens is 448 g/mol. The molecule has 0 N–H and O–H groups in total. The fraction of sp³-hybridized carbons (Fsp3) is 0.333. The number of ether oxygens (including phenoxy) is 1. The molecule has 11 heteroatoms. The van der Waals surface area contributed by atoms with E-state index in [-0.39, 0.29) is 6.04 Å². The third-order valence-electron chi connectivity index (χ3n) is 5.36. The molecular formula is C21H21N6O3S2-. The van der Waals surface area contributed by atoms with Crippen molar-refractivity contribution in [1.82, 2.24) is 29.5 Å². The van der Waals surface area contributed by atoms with E-state index in [4.69, 9.17) is 9.72 Å². The van der Waals surface area contributed by atoms with Gasteiger partial charge in [-0.1, -0.05) is 6.07 Å². The number of benzene rings is 1. The van der Waals surface area contributed by atoms with Gasteiger partial charge in [0, 0.05) is 34.7 Å². The first-order valence-corrected chi connectivity index (χ1v) is 12.2. The topological polar surface area (TPSA) is 111 Å². The number of nitrogens with zero attached hydrogens (tertiary/aromatic N) is 6. The first-order valence-electron chi connectivity index (χ1n) is 10.2. The molecule has 0 fully saturated rings. The van der Waals surface area contributed by atoms with Gasteiger partial charge in [-0.05, 0) is 49.5 Å². The zero-order chi connectivity index (χ0) is 22.4. The first kappa shape index (κ1) is 21.0. The fourth-order valence-electron chi connectivity index (χ4n) is 3.65. The summed E-state index contributed by atoms with van der Waals surface area (Å²) in [4.78, 5) is 10.5. The molecule has 1 aromatic carbocycles. The Bertz CT molecular complexity index is 1310. The van der Waals surface area contributed by atoms with E-state index < -0.39 is 16.5 Å². The minimum Gasteiger partial charge on any atom is -0.771 e. The molecule has 0 radical (unpaired) electrons. The van der Waals surface area contributed by atoms with Gasteiger partial charge in [0.15, 0.2) is 10.8 Å². The maximum atomic E-state index is 11.2. The normalized spacial score (nSPS) is 15.0. The third-order valence-corrected chi connectivity index (χ3v) is 7.24. The predicted molar refractivity (Wildman–Crippen MR) is 121 cm³/mol. The number of fused-ring (bicyclic) bond motifs is 3. The maximum absolute atomic E-state index is 11.2. The van der Waals surface area contributed by atoms with Crippen LogP contribution >= 0.6 is 11.3 Å². The molecule has 4 aromatic rings. The highest BCUT2D eigenvalue weighted by Gasteiger charge is 2.24. The maximum Gasteiger partial charge on any atom is 0.187 e. The summed E-state index contributed by atoms with van der Waals surface area (Å²) in [6, 6.07) is 6.13. The van der Waals surface area contributed by atoms with Gasteiger partial charge in [0.25, 0.3) is 0 Å². The number of aromatic nitrogens is 6. The van der Waals surface area contributed by atoms with Crippen LogP contribution in [-0.2, 0) is 17.5 Å². The molecule has 32 heavy (non-hydrogen) atoms. The van der Waals surface area contributed by atoms with Gasteiger partial charge in [-0.15, -0.1) is 11.3 Å². The Morgan fingerprint density at radius 1 is 1.22 bits per heavy atom. The molecule has 4 heterocycles. The largest absolute Gasteiger partial charge is 0.771 e. The van der Waals surface area contributed by atoms with Crippen LogP contribution in [0.3, 0.4) is 0 Å². The van der Waals surface area contributed by atoms with E-state index in [9.17, 15) is 8.76 Å². The number of hydrogen-bond acceptors (Lipinski definition) is 8. The minimum atomic E-state index is -2.24. The molecule has 0 saturated carbocycles. The highest BCUT2D eigenvalue weighted by atomic mass is 32.2. The summed E-state index contributed by atoms with van der Waals surface area (Å²) in [7, 11) is 0. The lowest BCUT2D eigenvalue weighted by Gasteiger charge is -2.14. The molecule has 0 bridgehead atoms. The Kier molecular flexibility index (Phi) is 5.39. The van der Waals surface area contributed by atoms with E-state index in [1.807, 2.05) is 22.9 Å². The monoisotopic (exact) mass is 469 g/mol. The van der Waals surface area contributed by atoms with Crippen LogP contribution in [0.15, 0.2) is 36.9 Å². The van der Waals surface area contributed by atoms with Crippen LogP contribution in [0.25, 0.3) is 33.2 Å². The Labute approximate surface area is 191 Å². The quantitative estimate of drug-likeness (QED) is 0.408. The van der Waals surface area contributed by atoms with E-state index in [1.54, 1.807) is 37.0 Å². The summed E-state index contributed by atoms with van der Waals surface area (Å²) >= 11 is -0.616. The molecule has 2 atom stereocenters. The highest BCUT2D eigenvalue weighted by molar-refractivity contribution is 7.79. The zero-order valence-electron chi connectivity index (χ0n) is 17.8. The van der Waals surface area contributed by atoms with Crippen molar-refractivity contribution < 1.29 is 13.5 Å². The lowest BCUT2D eigenvalue weighted by atomic mass is 10.0. The number of rotatable bonds is 5. The van der Waals surface area contributed by atoms with Crippen LogP contribution in [-0.4, -0.2) is 44.9 Å². The van der Waals surface area contributed by atoms with E-state index in [0.29, 0.717) is 6.61 Å². The van der Waals surface area contributed by atoms with Gasteiger partial charge in [-0.3, -0.25) is 8.89 Å². The summed E-state index contributed by atoms with van der Waals surface area (Å²) in [5.41, 5.74) is 3.56. The highest BCUT2D eigenvalue weighted by Crippen LogP contribution is 2.41. The van der Waals surface area contributed by atoms with E-state index >= 15 is 0 Å². The second-order valence-electron chi connectivity index (χ2n) is 7.79. The SMILES string of the molecule is CC(C)n1ncnc1-c1nc2c(s1)CCOc1cc(-c3cnn(C(C)S(=O)[O-])c3)ccc1-2. The molecule has 166 valence electrons. The second kappa shape index (κ2) is 8.23. The molecule has 9 nitrogen and oxygen atoms in total. The molecule has 0 spiro atoms. The molecule has 0 aliphatic carbocycles. The second-order valence-corrected chi connectivity index (χ2v) is 10.1. The van der Waals surface area contributed by atoms with Crippen LogP contribution in [0, 0.1) is 0 Å². The van der Waals surface area contributed by atoms with Crippen LogP contribution in [0.5, 0.6) is 5.75 Å². The van der Waals surface area contributed by atoms with Crippen molar-refractivity contribution >= 4 is 22.4 Å². The third kappa shape index (κ3) is 3.65. The predicted octanol–water partition coefficient (Wildman–Crippen LogP) is 3.85. The van der Waals surface area contributed by atoms with E-state index in [2.05, 4.69) is 29.0 Å². The van der Waals surface area contributed by atoms with Gasteiger partial charge in [0.2, 0.25) is 0 Å². The van der Waals surface area contributed by atoms with E-state index in [0.717, 1.165) is 50.3 Å². The summed E-state index contributed by atoms with van der Waals surface area (Å²) in [6.07, 6.45) is 5.71. The van der Waals surface area contributed by atoms with Crippen molar-refractivity contribution in [2.45, 2.75) is 38.6 Å². The zero-order valence-corrected chi connectivity index (χ0v) is 19.4. The standard InChI is InChI=1S/C21H22N6O3S2/c1-12(2)27-20(22-11-24-27)21-25-19-16-5-4-14(8-17(16)30-7-6-18(19)31-21)15-9-23-26(10-15)13(3)32(28)29/h4-5,8-13H,6-7H2,1-3H3,(H,28,29)/p-1. The van der Waals surface area contributed by atoms with Gasteiger partial charge < -0.3 is 9.29 Å². The molecule has 1 aliphatic rings. The molecule has 3 aromatic heterocycles. The lowest BCUT2D eigenvalue weighted by molar-refractivity contribution is 0.327. The Hall–Kier alpha value is -2.89.